The summed E-state index contributed by atoms with van der Waals surface area (Å²) in [7, 11) is 5.57. The predicted molar refractivity (Wildman–Crippen MR) is 41.7 cm³/mol. The Morgan fingerprint density at radius 2 is 1.91 bits per heavy atom. The highest BCUT2D eigenvalue weighted by Crippen LogP contribution is 2.30. The van der Waals surface area contributed by atoms with Crippen molar-refractivity contribution < 1.29 is 9.90 Å². The van der Waals surface area contributed by atoms with Gasteiger partial charge in [-0.15, -0.1) is 0 Å². The zero-order chi connectivity index (χ0) is 8.59. The number of carbonyl (C=O) groups is 1. The first-order chi connectivity index (χ1) is 5.04. The van der Waals surface area contributed by atoms with Crippen molar-refractivity contribution in [2.75, 3.05) is 21.1 Å². The quantitative estimate of drug-likeness (QED) is 0.628. The highest BCUT2D eigenvalue weighted by atomic mass is 16.4. The second-order valence-corrected chi connectivity index (χ2v) is 3.23. The molecular formula is C7H14N2O2. The molecule has 4 nitrogen and oxygen atoms in total. The fraction of sp³-hybridized carbons (Fsp3) is 0.857. The molecule has 1 aliphatic carbocycles. The second kappa shape index (κ2) is 2.70. The maximum atomic E-state index is 10.5. The maximum absolute atomic E-state index is 10.5. The Labute approximate surface area is 66.4 Å². The van der Waals surface area contributed by atoms with E-state index in [1.54, 1.807) is 7.05 Å². The average Bonchev–Trinajstić information content (AvgIpc) is 2.63. The second-order valence-electron chi connectivity index (χ2n) is 3.23. The lowest BCUT2D eigenvalue weighted by Crippen LogP contribution is -2.32. The van der Waals surface area contributed by atoms with Crippen LogP contribution in [0.4, 0.5) is 4.79 Å². The largest absolute Gasteiger partial charge is 0.465 e. The van der Waals surface area contributed by atoms with Gasteiger partial charge in [0.15, 0.2) is 0 Å². The number of rotatable bonds is 2. The van der Waals surface area contributed by atoms with Gasteiger partial charge in [0.25, 0.3) is 0 Å². The number of hydrogen-bond donors (Lipinski definition) is 1. The molecule has 2 atom stereocenters. The van der Waals surface area contributed by atoms with Crippen LogP contribution in [-0.4, -0.2) is 54.2 Å². The molecule has 0 aromatic heterocycles. The first kappa shape index (κ1) is 8.33. The van der Waals surface area contributed by atoms with Gasteiger partial charge in [-0.05, 0) is 20.5 Å². The van der Waals surface area contributed by atoms with Gasteiger partial charge in [0, 0.05) is 13.1 Å². The molecule has 1 N–H and O–H groups in total. The Balaban J connectivity index is 2.37. The van der Waals surface area contributed by atoms with Crippen LogP contribution in [0.1, 0.15) is 6.42 Å². The monoisotopic (exact) mass is 158 g/mol. The summed E-state index contributed by atoms with van der Waals surface area (Å²) >= 11 is 0. The van der Waals surface area contributed by atoms with Gasteiger partial charge in [0.2, 0.25) is 0 Å². The molecule has 1 aliphatic rings. The fourth-order valence-corrected chi connectivity index (χ4v) is 1.28. The van der Waals surface area contributed by atoms with Crippen molar-refractivity contribution in [1.82, 2.24) is 9.80 Å². The van der Waals surface area contributed by atoms with Crippen LogP contribution in [0.5, 0.6) is 0 Å². The van der Waals surface area contributed by atoms with Gasteiger partial charge in [-0.25, -0.2) is 4.79 Å². The molecule has 0 aromatic rings. The molecule has 64 valence electrons. The first-order valence-electron chi connectivity index (χ1n) is 3.66. The molecule has 1 saturated carbocycles. The molecule has 1 amide bonds. The van der Waals surface area contributed by atoms with Gasteiger partial charge in [0.1, 0.15) is 0 Å². The van der Waals surface area contributed by atoms with Crippen molar-refractivity contribution in [3.8, 4) is 0 Å². The zero-order valence-electron chi connectivity index (χ0n) is 7.11. The molecular weight excluding hydrogens is 144 g/mol. The van der Waals surface area contributed by atoms with E-state index in [-0.39, 0.29) is 6.04 Å². The summed E-state index contributed by atoms with van der Waals surface area (Å²) < 4.78 is 0. The summed E-state index contributed by atoms with van der Waals surface area (Å²) in [6, 6.07) is 0.638. The van der Waals surface area contributed by atoms with Gasteiger partial charge in [-0.3, -0.25) is 0 Å². The van der Waals surface area contributed by atoms with Crippen LogP contribution in [0, 0.1) is 0 Å². The molecule has 0 bridgehead atoms. The summed E-state index contributed by atoms with van der Waals surface area (Å²) in [5, 5.41) is 8.60. The van der Waals surface area contributed by atoms with Crippen LogP contribution in [0.2, 0.25) is 0 Å². The minimum absolute atomic E-state index is 0.211. The summed E-state index contributed by atoms with van der Waals surface area (Å²) in [6.07, 6.45) is 0.134. The van der Waals surface area contributed by atoms with E-state index in [1.807, 2.05) is 14.1 Å². The molecule has 0 radical (unpaired) electrons. The highest BCUT2D eigenvalue weighted by molar-refractivity contribution is 5.65. The molecule has 4 heteroatoms. The van der Waals surface area contributed by atoms with Crippen LogP contribution < -0.4 is 0 Å². The van der Waals surface area contributed by atoms with E-state index in [2.05, 4.69) is 4.90 Å². The van der Waals surface area contributed by atoms with Crippen molar-refractivity contribution >= 4 is 6.09 Å². The molecule has 11 heavy (non-hydrogen) atoms. The van der Waals surface area contributed by atoms with E-state index in [4.69, 9.17) is 5.11 Å². The number of likely N-dealkylation sites (N-methyl/N-ethyl adjacent to an activating group) is 2. The molecule has 0 unspecified atom stereocenters. The van der Waals surface area contributed by atoms with Crippen molar-refractivity contribution in [3.05, 3.63) is 0 Å². The Hall–Kier alpha value is -0.770. The molecule has 1 rings (SSSR count). The lowest BCUT2D eigenvalue weighted by Gasteiger charge is -2.15. The number of amides is 1. The van der Waals surface area contributed by atoms with Gasteiger partial charge >= 0.3 is 6.09 Å². The summed E-state index contributed by atoms with van der Waals surface area (Å²) in [5.74, 6) is 0. The van der Waals surface area contributed by atoms with E-state index in [0.29, 0.717) is 6.04 Å². The number of nitrogens with zero attached hydrogens (tertiary/aromatic N) is 2. The lowest BCUT2D eigenvalue weighted by atomic mass is 10.5. The van der Waals surface area contributed by atoms with Crippen molar-refractivity contribution in [3.63, 3.8) is 0 Å². The molecule has 0 aromatic carbocycles. The van der Waals surface area contributed by atoms with E-state index in [1.165, 1.54) is 4.90 Å². The number of carboxylic acid groups (broad SMARTS) is 1. The SMILES string of the molecule is CN(C)[C@@H]1C[C@H]1N(C)C(=O)O. The van der Waals surface area contributed by atoms with Crippen LogP contribution in [0.15, 0.2) is 0 Å². The molecule has 1 fully saturated rings. The zero-order valence-corrected chi connectivity index (χ0v) is 7.11. The normalized spacial score (nSPS) is 28.7. The molecule has 0 heterocycles. The summed E-state index contributed by atoms with van der Waals surface area (Å²) in [6.45, 7) is 0. The van der Waals surface area contributed by atoms with Crippen LogP contribution >= 0.6 is 0 Å². The van der Waals surface area contributed by atoms with E-state index < -0.39 is 6.09 Å². The fourth-order valence-electron chi connectivity index (χ4n) is 1.28. The number of hydrogen-bond acceptors (Lipinski definition) is 2. The third-order valence-electron chi connectivity index (χ3n) is 2.19. The standard InChI is InChI=1S/C7H14N2O2/c1-8(2)5-4-6(5)9(3)7(10)11/h5-6H,4H2,1-3H3,(H,10,11)/t5-,6-/m1/s1. The Kier molecular flexibility index (Phi) is 2.04. The predicted octanol–water partition coefficient (Wildman–Crippen LogP) is 0.299. The van der Waals surface area contributed by atoms with Gasteiger partial charge < -0.3 is 14.9 Å². The Morgan fingerprint density at radius 1 is 1.36 bits per heavy atom. The third-order valence-corrected chi connectivity index (χ3v) is 2.19. The van der Waals surface area contributed by atoms with Crippen molar-refractivity contribution in [1.29, 1.82) is 0 Å². The average molecular weight is 158 g/mol. The smallest absolute Gasteiger partial charge is 0.407 e. The lowest BCUT2D eigenvalue weighted by molar-refractivity contribution is 0.149. The van der Waals surface area contributed by atoms with Crippen LogP contribution in [-0.2, 0) is 0 Å². The van der Waals surface area contributed by atoms with Crippen LogP contribution in [0.3, 0.4) is 0 Å². The Bertz CT molecular complexity index is 170. The minimum atomic E-state index is -0.834. The van der Waals surface area contributed by atoms with Gasteiger partial charge in [-0.2, -0.15) is 0 Å². The summed E-state index contributed by atoms with van der Waals surface area (Å²) in [5.41, 5.74) is 0. The topological polar surface area (TPSA) is 43.8 Å². The van der Waals surface area contributed by atoms with Gasteiger partial charge in [-0.1, -0.05) is 0 Å². The molecule has 0 spiro atoms. The highest BCUT2D eigenvalue weighted by Gasteiger charge is 2.43. The van der Waals surface area contributed by atoms with E-state index >= 15 is 0 Å². The minimum Gasteiger partial charge on any atom is -0.465 e. The third kappa shape index (κ3) is 1.63. The van der Waals surface area contributed by atoms with E-state index in [9.17, 15) is 4.79 Å². The first-order valence-corrected chi connectivity index (χ1v) is 3.66. The molecule has 0 aliphatic heterocycles. The van der Waals surface area contributed by atoms with Crippen molar-refractivity contribution in [2.24, 2.45) is 0 Å². The van der Waals surface area contributed by atoms with Gasteiger partial charge in [0.05, 0.1) is 6.04 Å². The Morgan fingerprint density at radius 3 is 2.18 bits per heavy atom. The summed E-state index contributed by atoms with van der Waals surface area (Å²) in [4.78, 5) is 13.9. The maximum Gasteiger partial charge on any atom is 0.407 e. The van der Waals surface area contributed by atoms with Crippen molar-refractivity contribution in [2.45, 2.75) is 18.5 Å². The van der Waals surface area contributed by atoms with E-state index in [0.717, 1.165) is 6.42 Å². The van der Waals surface area contributed by atoms with Crippen LogP contribution in [0.25, 0.3) is 0 Å². The molecule has 0 saturated heterocycles.